The van der Waals surface area contributed by atoms with Gasteiger partial charge in [0.2, 0.25) is 0 Å². The molecule has 1 heterocycles. The lowest BCUT2D eigenvalue weighted by molar-refractivity contribution is -0.154. The Balaban J connectivity index is 2.36. The van der Waals surface area contributed by atoms with Gasteiger partial charge in [0.05, 0.1) is 18.0 Å². The molecule has 0 aliphatic heterocycles. The van der Waals surface area contributed by atoms with Crippen LogP contribution in [0.15, 0.2) is 55.0 Å². The van der Waals surface area contributed by atoms with Crippen LogP contribution in [0.25, 0.3) is 11.3 Å². The van der Waals surface area contributed by atoms with Crippen molar-refractivity contribution in [3.63, 3.8) is 0 Å². The van der Waals surface area contributed by atoms with Crippen molar-refractivity contribution in [2.24, 2.45) is 5.73 Å². The van der Waals surface area contributed by atoms with E-state index < -0.39 is 11.5 Å². The number of hydrogen-bond donors (Lipinski definition) is 1. The summed E-state index contributed by atoms with van der Waals surface area (Å²) in [6, 6.07) is 7.41. The van der Waals surface area contributed by atoms with E-state index in [1.165, 1.54) is 0 Å². The molecule has 1 aromatic heterocycles. The van der Waals surface area contributed by atoms with E-state index in [0.717, 1.165) is 16.8 Å². The Hall–Kier alpha value is -2.53. The summed E-state index contributed by atoms with van der Waals surface area (Å²) in [4.78, 5) is 20.9. The number of carbonyl (C=O) groups is 1. The summed E-state index contributed by atoms with van der Waals surface area (Å²) < 4.78 is 5.36. The van der Waals surface area contributed by atoms with Crippen LogP contribution in [0, 0.1) is 0 Å². The number of benzene rings is 1. The fraction of sp³-hybridized carbons (Fsp3) is 0.316. The summed E-state index contributed by atoms with van der Waals surface area (Å²) >= 11 is 0. The van der Waals surface area contributed by atoms with Gasteiger partial charge < -0.3 is 10.5 Å². The van der Waals surface area contributed by atoms with Crippen LogP contribution in [-0.2, 0) is 15.1 Å². The van der Waals surface area contributed by atoms with E-state index in [4.69, 9.17) is 10.5 Å². The van der Waals surface area contributed by atoms with Crippen LogP contribution in [0.5, 0.6) is 0 Å². The summed E-state index contributed by atoms with van der Waals surface area (Å²) in [5.41, 5.74) is 8.35. The van der Waals surface area contributed by atoms with Gasteiger partial charge in [0.15, 0.2) is 0 Å². The summed E-state index contributed by atoms with van der Waals surface area (Å²) in [7, 11) is 0. The molecule has 0 fully saturated rings. The lowest BCUT2D eigenvalue weighted by Crippen LogP contribution is -2.47. The lowest BCUT2D eigenvalue weighted by atomic mass is 9.84. The van der Waals surface area contributed by atoms with Gasteiger partial charge >= 0.3 is 5.97 Å². The fourth-order valence-electron chi connectivity index (χ4n) is 2.47. The molecule has 0 aliphatic carbocycles. The number of aromatic nitrogens is 2. The first-order valence-corrected chi connectivity index (χ1v) is 7.84. The zero-order valence-electron chi connectivity index (χ0n) is 14.3. The van der Waals surface area contributed by atoms with Crippen LogP contribution >= 0.6 is 0 Å². The van der Waals surface area contributed by atoms with Crippen molar-refractivity contribution in [2.75, 3.05) is 0 Å². The second-order valence-electron chi connectivity index (χ2n) is 6.23. The van der Waals surface area contributed by atoms with E-state index >= 15 is 0 Å². The van der Waals surface area contributed by atoms with E-state index in [1.807, 2.05) is 31.2 Å². The minimum atomic E-state index is -1.25. The Bertz CT molecular complexity index is 711. The predicted octanol–water partition coefficient (Wildman–Crippen LogP) is 3.22. The van der Waals surface area contributed by atoms with Gasteiger partial charge in [0, 0.05) is 24.4 Å². The minimum absolute atomic E-state index is 0.232. The SMILES string of the molecule is C=C(C)CC(N)(C(=O)OC(C)C)c1ccc(-c2cnccn2)cc1. The van der Waals surface area contributed by atoms with Gasteiger partial charge in [-0.2, -0.15) is 0 Å². The molecule has 2 rings (SSSR count). The molecular weight excluding hydrogens is 302 g/mol. The molecule has 0 aliphatic rings. The Kier molecular flexibility index (Phi) is 5.46. The molecule has 5 nitrogen and oxygen atoms in total. The second kappa shape index (κ2) is 7.36. The highest BCUT2D eigenvalue weighted by Crippen LogP contribution is 2.29. The molecular formula is C19H23N3O2. The van der Waals surface area contributed by atoms with E-state index in [1.54, 1.807) is 32.4 Å². The minimum Gasteiger partial charge on any atom is -0.461 e. The number of rotatable bonds is 6. The number of nitrogens with two attached hydrogens (primary N) is 1. The molecule has 5 heteroatoms. The van der Waals surface area contributed by atoms with Crippen molar-refractivity contribution in [3.8, 4) is 11.3 Å². The Morgan fingerprint density at radius 1 is 1.29 bits per heavy atom. The Morgan fingerprint density at radius 2 is 1.96 bits per heavy atom. The molecule has 126 valence electrons. The number of esters is 1. The second-order valence-corrected chi connectivity index (χ2v) is 6.23. The molecule has 1 atom stereocenters. The number of carbonyl (C=O) groups excluding carboxylic acids is 1. The van der Waals surface area contributed by atoms with Gasteiger partial charge in [-0.25, -0.2) is 4.79 Å². The van der Waals surface area contributed by atoms with Gasteiger partial charge in [-0.1, -0.05) is 29.8 Å². The normalized spacial score (nSPS) is 13.4. The van der Waals surface area contributed by atoms with E-state index in [0.29, 0.717) is 12.0 Å². The summed E-state index contributed by atoms with van der Waals surface area (Å²) in [6.07, 6.45) is 5.04. The van der Waals surface area contributed by atoms with Gasteiger partial charge in [-0.3, -0.25) is 9.97 Å². The topological polar surface area (TPSA) is 78.1 Å². The third kappa shape index (κ3) is 4.06. The molecule has 0 amide bonds. The number of nitrogens with zero attached hydrogens (tertiary/aromatic N) is 2. The highest BCUT2D eigenvalue weighted by molar-refractivity contribution is 5.83. The standard InChI is InChI=1S/C19H23N3O2/c1-13(2)11-19(20,18(23)24-14(3)4)16-7-5-15(6-8-16)17-12-21-9-10-22-17/h5-10,12,14H,1,11,20H2,2-4H3. The van der Waals surface area contributed by atoms with Gasteiger partial charge in [0.1, 0.15) is 5.54 Å². The molecule has 0 bridgehead atoms. The third-order valence-electron chi connectivity index (χ3n) is 3.55. The molecule has 0 saturated carbocycles. The molecule has 0 radical (unpaired) electrons. The van der Waals surface area contributed by atoms with Crippen LogP contribution in [0.3, 0.4) is 0 Å². The summed E-state index contributed by atoms with van der Waals surface area (Å²) in [6.45, 7) is 9.34. The third-order valence-corrected chi connectivity index (χ3v) is 3.55. The van der Waals surface area contributed by atoms with Gasteiger partial charge in [-0.05, 0) is 26.3 Å². The van der Waals surface area contributed by atoms with Crippen molar-refractivity contribution in [3.05, 3.63) is 60.6 Å². The molecule has 2 aromatic rings. The molecule has 0 saturated heterocycles. The van der Waals surface area contributed by atoms with E-state index in [2.05, 4.69) is 16.5 Å². The summed E-state index contributed by atoms with van der Waals surface area (Å²) in [5, 5.41) is 0. The first-order chi connectivity index (χ1) is 11.3. The molecule has 0 spiro atoms. The fourth-order valence-corrected chi connectivity index (χ4v) is 2.47. The van der Waals surface area contributed by atoms with Crippen LogP contribution < -0.4 is 5.73 Å². The highest BCUT2D eigenvalue weighted by atomic mass is 16.5. The van der Waals surface area contributed by atoms with Crippen molar-refractivity contribution >= 4 is 5.97 Å². The first kappa shape index (κ1) is 17.8. The van der Waals surface area contributed by atoms with Crippen LogP contribution in [0.2, 0.25) is 0 Å². The first-order valence-electron chi connectivity index (χ1n) is 7.84. The predicted molar refractivity (Wildman–Crippen MR) is 94.0 cm³/mol. The number of hydrogen-bond acceptors (Lipinski definition) is 5. The van der Waals surface area contributed by atoms with Crippen molar-refractivity contribution in [1.82, 2.24) is 9.97 Å². The zero-order valence-corrected chi connectivity index (χ0v) is 14.3. The van der Waals surface area contributed by atoms with E-state index in [9.17, 15) is 4.79 Å². The van der Waals surface area contributed by atoms with Crippen molar-refractivity contribution in [2.45, 2.75) is 38.8 Å². The Labute approximate surface area is 142 Å². The average Bonchev–Trinajstić information content (AvgIpc) is 2.54. The molecule has 24 heavy (non-hydrogen) atoms. The van der Waals surface area contributed by atoms with Crippen LogP contribution in [0.4, 0.5) is 0 Å². The largest absolute Gasteiger partial charge is 0.461 e. The average molecular weight is 325 g/mol. The molecule has 1 unspecified atom stereocenters. The summed E-state index contributed by atoms with van der Waals surface area (Å²) in [5.74, 6) is -0.451. The maximum absolute atomic E-state index is 12.6. The smallest absolute Gasteiger partial charge is 0.331 e. The maximum Gasteiger partial charge on any atom is 0.331 e. The van der Waals surface area contributed by atoms with Gasteiger partial charge in [-0.15, -0.1) is 6.58 Å². The molecule has 1 aromatic carbocycles. The molecule has 2 N–H and O–H groups in total. The monoisotopic (exact) mass is 325 g/mol. The Morgan fingerprint density at radius 3 is 2.46 bits per heavy atom. The van der Waals surface area contributed by atoms with Crippen molar-refractivity contribution in [1.29, 1.82) is 0 Å². The van der Waals surface area contributed by atoms with Gasteiger partial charge in [0.25, 0.3) is 0 Å². The maximum atomic E-state index is 12.6. The van der Waals surface area contributed by atoms with Crippen molar-refractivity contribution < 1.29 is 9.53 Å². The van der Waals surface area contributed by atoms with E-state index in [-0.39, 0.29) is 6.10 Å². The zero-order chi connectivity index (χ0) is 17.7. The highest BCUT2D eigenvalue weighted by Gasteiger charge is 2.38. The van der Waals surface area contributed by atoms with Crippen LogP contribution in [-0.4, -0.2) is 22.0 Å². The quantitative estimate of drug-likeness (QED) is 0.652. The van der Waals surface area contributed by atoms with Crippen LogP contribution in [0.1, 0.15) is 32.8 Å². The lowest BCUT2D eigenvalue weighted by Gasteiger charge is -2.29. The number of ether oxygens (including phenoxy) is 1.